The Morgan fingerprint density at radius 1 is 1.92 bits per heavy atom. The minimum absolute atomic E-state index is 0.690. The summed E-state index contributed by atoms with van der Waals surface area (Å²) < 4.78 is 81.9. The van der Waals surface area contributed by atoms with Gasteiger partial charge in [-0.15, -0.1) is 0 Å². The molecule has 1 unspecified atom stereocenters. The number of rotatable bonds is 4. The first-order chi connectivity index (χ1) is 10.4. The number of carboxylic acids is 1. The Kier molecular flexibility index (Phi) is 0.683. The van der Waals surface area contributed by atoms with Crippen molar-refractivity contribution in [2.24, 2.45) is 5.72 Å². The minimum atomic E-state index is -3.50. The molecule has 0 heterocycles. The third kappa shape index (κ3) is 2.36. The van der Waals surface area contributed by atoms with Crippen LogP contribution in [0.4, 0.5) is 0 Å². The van der Waals surface area contributed by atoms with Crippen molar-refractivity contribution in [3.05, 3.63) is 35.8 Å². The van der Waals surface area contributed by atoms with Gasteiger partial charge in [-0.1, -0.05) is 30.2 Å². The van der Waals surface area contributed by atoms with Gasteiger partial charge in [-0.05, 0) is 11.9 Å². The molecule has 1 rings (SSSR count). The molecular weight excluding hydrogens is 154 g/mol. The Morgan fingerprint density at radius 3 is 3.25 bits per heavy atom. The zero-order valence-electron chi connectivity index (χ0n) is 16.8. The van der Waals surface area contributed by atoms with Crippen LogP contribution in [0, 0.1) is 0 Å². The van der Waals surface area contributed by atoms with Crippen molar-refractivity contribution in [1.82, 2.24) is 0 Å². The number of carbonyl (C=O) groups is 1. The summed E-state index contributed by atoms with van der Waals surface area (Å²) in [5.74, 6) is -1.96. The average Bonchev–Trinajstić information content (AvgIpc) is 2.48. The largest absolute Gasteiger partial charge is 0.480 e. The van der Waals surface area contributed by atoms with E-state index in [4.69, 9.17) is 15.2 Å². The molecule has 0 aliphatic heterocycles. The summed E-state index contributed by atoms with van der Waals surface area (Å²) in [5, 5.41) is 3.50. The normalized spacial score (nSPS) is 29.2. The molecule has 12 heavy (non-hydrogen) atoms. The van der Waals surface area contributed by atoms with Gasteiger partial charge in [0.05, 0.1) is 8.22 Å². The third-order valence-corrected chi connectivity index (χ3v) is 0.937. The second-order valence-electron chi connectivity index (χ2n) is 1.76. The predicted molar refractivity (Wildman–Crippen MR) is 45.8 cm³/mol. The first-order valence-corrected chi connectivity index (χ1v) is 2.88. The van der Waals surface area contributed by atoms with Crippen molar-refractivity contribution in [2.45, 2.75) is 12.4 Å². The second-order valence-corrected chi connectivity index (χ2v) is 1.76. The molecule has 3 nitrogen and oxygen atoms in total. The van der Waals surface area contributed by atoms with Crippen molar-refractivity contribution in [3.63, 3.8) is 0 Å². The zero-order valence-corrected chi connectivity index (χ0v) is 5.76. The molecule has 1 aromatic carbocycles. The molecule has 0 spiro atoms. The summed E-state index contributed by atoms with van der Waals surface area (Å²) in [6.45, 7) is 0. The number of benzene rings is 1. The molecule has 0 fully saturated rings. The smallest absolute Gasteiger partial charge is 0.320 e. The first kappa shape index (κ1) is 2.12. The van der Waals surface area contributed by atoms with E-state index in [-0.39, 0.29) is 0 Å². The topological polar surface area (TPSA) is 63.3 Å². The van der Waals surface area contributed by atoms with Crippen LogP contribution < -0.4 is 5.72 Å². The number of hydrogen-bond acceptors (Lipinski definition) is 3. The second kappa shape index (κ2) is 3.88. The molecule has 0 saturated carbocycles. The number of carboxylic acid groups (broad SMARTS) is 1. The third-order valence-electron chi connectivity index (χ3n) is 0.937. The van der Waals surface area contributed by atoms with Crippen molar-refractivity contribution in [1.29, 1.82) is 1.43 Å². The van der Waals surface area contributed by atoms with Gasteiger partial charge in [0.15, 0.2) is 0 Å². The molecule has 0 amide bonds. The van der Waals surface area contributed by atoms with E-state index in [1.807, 2.05) is 0 Å². The monoisotopic (exact) mass is 176 g/mol. The van der Waals surface area contributed by atoms with Gasteiger partial charge in [-0.2, -0.15) is 0 Å². The van der Waals surface area contributed by atoms with Gasteiger partial charge in [-0.25, -0.2) is 0 Å². The van der Waals surface area contributed by atoms with E-state index in [9.17, 15) is 4.79 Å². The average molecular weight is 176 g/mol. The zero-order chi connectivity index (χ0) is 18.3. The highest BCUT2D eigenvalue weighted by Crippen LogP contribution is 2.01. The van der Waals surface area contributed by atoms with Crippen LogP contribution in [0.2, 0.25) is 2.82 Å². The van der Waals surface area contributed by atoms with Gasteiger partial charge in [0, 0.05) is 2.74 Å². The van der Waals surface area contributed by atoms with Gasteiger partial charge in [0.2, 0.25) is 0 Å². The molecule has 1 aromatic rings. The van der Waals surface area contributed by atoms with Gasteiger partial charge < -0.3 is 10.8 Å². The van der Waals surface area contributed by atoms with Crippen molar-refractivity contribution in [2.75, 3.05) is 0 Å². The summed E-state index contributed by atoms with van der Waals surface area (Å²) in [7, 11) is 0. The molecule has 3 heteroatoms. The quantitative estimate of drug-likeness (QED) is 0.707. The van der Waals surface area contributed by atoms with Crippen LogP contribution in [0.3, 0.4) is 0 Å². The van der Waals surface area contributed by atoms with Crippen LogP contribution in [-0.4, -0.2) is 17.1 Å². The summed E-state index contributed by atoms with van der Waals surface area (Å²) in [5.41, 5.74) is -1.78. The summed E-state index contributed by atoms with van der Waals surface area (Å²) in [4.78, 5) is 11.6. The van der Waals surface area contributed by atoms with Crippen LogP contribution in [0.1, 0.15) is 16.5 Å². The van der Waals surface area contributed by atoms with Crippen LogP contribution >= 0.6 is 0 Å². The molecule has 3 N–H and O–H groups in total. The molecule has 64 valence electrons. The molecule has 0 aliphatic rings. The predicted octanol–water partition coefficient (Wildman–Crippen LogP) is 0.641. The van der Waals surface area contributed by atoms with E-state index >= 15 is 0 Å². The molecule has 1 atom stereocenters. The summed E-state index contributed by atoms with van der Waals surface area (Å²) in [6, 6.07) is -8.19. The Morgan fingerprint density at radius 2 is 2.67 bits per heavy atom. The van der Waals surface area contributed by atoms with E-state index in [2.05, 4.69) is 5.11 Å². The number of hydrogen-bond donors (Lipinski definition) is 2. The van der Waals surface area contributed by atoms with Crippen LogP contribution in [0.25, 0.3) is 1.43 Å². The highest BCUT2D eigenvalue weighted by Gasteiger charge is 2.10. The standard InChI is InChI=1S/C9H11NO2/c10-8(9(11)12)6-7-4-2-1-3-5-7/h1-5,8H,6,10H2,(H,11,12)/i1D,2D,3D,4D,5D,6D2,8D/hD3. The summed E-state index contributed by atoms with van der Waals surface area (Å²) >= 11 is 0. The molecular formula is C9H11NO2. The fourth-order valence-electron chi connectivity index (χ4n) is 0.482. The Labute approximate surface area is 86.5 Å². The lowest BCUT2D eigenvalue weighted by Crippen LogP contribution is -2.32. The molecule has 0 aliphatic carbocycles. The number of nitrogens with two attached hydrogens (primary N) is 1. The Hall–Kier alpha value is -1.35. The lowest BCUT2D eigenvalue weighted by atomic mass is 10.1. The fourth-order valence-corrected chi connectivity index (χ4v) is 0.482. The van der Waals surface area contributed by atoms with E-state index in [0.717, 1.165) is 0 Å². The summed E-state index contributed by atoms with van der Waals surface area (Å²) in [6.07, 6.45) is -3.43. The van der Waals surface area contributed by atoms with Crippen molar-refractivity contribution in [3.8, 4) is 0 Å². The van der Waals surface area contributed by atoms with Crippen molar-refractivity contribution < 1.29 is 23.7 Å². The molecule has 0 radical (unpaired) electrons. The lowest BCUT2D eigenvalue weighted by molar-refractivity contribution is -0.138. The van der Waals surface area contributed by atoms with Crippen molar-refractivity contribution >= 4 is 5.97 Å². The van der Waals surface area contributed by atoms with Gasteiger partial charge in [0.1, 0.15) is 8.84 Å². The van der Waals surface area contributed by atoms with Crippen LogP contribution in [-0.2, 0) is 11.2 Å². The van der Waals surface area contributed by atoms with E-state index in [0.29, 0.717) is 0 Å². The van der Waals surface area contributed by atoms with Gasteiger partial charge >= 0.3 is 5.97 Å². The highest BCUT2D eigenvalue weighted by atomic mass is 16.4. The molecule has 0 saturated heterocycles. The Bertz CT molecular complexity index is 620. The highest BCUT2D eigenvalue weighted by molar-refractivity contribution is 5.73. The Balaban J connectivity index is 3.83. The van der Waals surface area contributed by atoms with Gasteiger partial charge in [-0.3, -0.25) is 4.79 Å². The SMILES string of the molecule is [2H]OC(=O)C([2H])(N([2H])[2H])C([2H])([2H])c1c([2H])c([2H])c([2H])c([2H])c1[2H]. The number of aliphatic carboxylic acids is 1. The molecule has 0 aromatic heterocycles. The lowest BCUT2D eigenvalue weighted by Gasteiger charge is -2.04. The maximum atomic E-state index is 11.6. The minimum Gasteiger partial charge on any atom is -0.480 e. The van der Waals surface area contributed by atoms with Crippen LogP contribution in [0.15, 0.2) is 30.2 Å². The van der Waals surface area contributed by atoms with E-state index in [1.165, 1.54) is 0 Å². The van der Waals surface area contributed by atoms with E-state index in [1.54, 1.807) is 0 Å². The van der Waals surface area contributed by atoms with Crippen LogP contribution in [0.5, 0.6) is 0 Å². The maximum absolute atomic E-state index is 11.6. The first-order valence-electron chi connectivity index (χ1n) is 8.18. The fraction of sp³-hybridized carbons (Fsp3) is 0.222. The maximum Gasteiger partial charge on any atom is 0.320 e. The van der Waals surface area contributed by atoms with Gasteiger partial charge in [0.25, 0.3) is 1.43 Å². The van der Waals surface area contributed by atoms with E-state index < -0.39 is 59.9 Å². The molecule has 0 bridgehead atoms.